The molecule has 8 nitrogen and oxygen atoms in total. The highest BCUT2D eigenvalue weighted by molar-refractivity contribution is 5.90. The fraction of sp³-hybridized carbons (Fsp3) is 0.550. The Morgan fingerprint density at radius 3 is 2.29 bits per heavy atom. The van der Waals surface area contributed by atoms with Crippen LogP contribution in [0.4, 0.5) is 0 Å². The Balaban J connectivity index is 2.61. The minimum Gasteiger partial charge on any atom is -0.480 e. The Hall–Kier alpha value is -2.45. The van der Waals surface area contributed by atoms with Gasteiger partial charge in [0.15, 0.2) is 0 Å². The maximum Gasteiger partial charge on any atom is 0.356 e. The van der Waals surface area contributed by atoms with Crippen LogP contribution in [0.5, 0.6) is 0 Å². The number of carboxylic acid groups (broad SMARTS) is 1. The lowest BCUT2D eigenvalue weighted by Gasteiger charge is -2.23. The van der Waals surface area contributed by atoms with Crippen molar-refractivity contribution in [3.63, 3.8) is 0 Å². The van der Waals surface area contributed by atoms with Gasteiger partial charge in [0.25, 0.3) is 0 Å². The van der Waals surface area contributed by atoms with Gasteiger partial charge in [-0.15, -0.1) is 5.48 Å². The molecule has 0 spiro atoms. The third kappa shape index (κ3) is 8.49. The zero-order valence-electron chi connectivity index (χ0n) is 17.0. The van der Waals surface area contributed by atoms with Gasteiger partial charge in [0.05, 0.1) is 5.56 Å². The van der Waals surface area contributed by atoms with Gasteiger partial charge in [0.1, 0.15) is 12.1 Å². The molecule has 1 aromatic carbocycles. The maximum atomic E-state index is 12.6. The van der Waals surface area contributed by atoms with Crippen molar-refractivity contribution in [3.8, 4) is 0 Å². The summed E-state index contributed by atoms with van der Waals surface area (Å²) in [4.78, 5) is 43.1. The van der Waals surface area contributed by atoms with Gasteiger partial charge < -0.3 is 20.2 Å². The number of nitrogens with zero attached hydrogens (tertiary/aromatic N) is 1. The van der Waals surface area contributed by atoms with Crippen molar-refractivity contribution < 1.29 is 24.3 Å². The number of rotatable bonds is 12. The Kier molecular flexibility index (Phi) is 10.2. The van der Waals surface area contributed by atoms with Crippen LogP contribution in [0.25, 0.3) is 0 Å². The molecule has 0 bridgehead atoms. The molecule has 156 valence electrons. The number of nitrogens with one attached hydrogen (secondary N) is 2. The summed E-state index contributed by atoms with van der Waals surface area (Å²) in [6, 6.07) is 6.54. The summed E-state index contributed by atoms with van der Waals surface area (Å²) in [6.45, 7) is 4.41. The monoisotopic (exact) mass is 393 g/mol. The molecule has 28 heavy (non-hydrogen) atoms. The number of aliphatic carboxylic acids is 1. The molecular formula is C20H31N3O5. The van der Waals surface area contributed by atoms with E-state index >= 15 is 0 Å². The van der Waals surface area contributed by atoms with Crippen molar-refractivity contribution in [1.29, 1.82) is 0 Å². The van der Waals surface area contributed by atoms with Gasteiger partial charge in [-0.1, -0.05) is 32.0 Å². The maximum absolute atomic E-state index is 12.6. The van der Waals surface area contributed by atoms with Crippen LogP contribution in [0.15, 0.2) is 30.3 Å². The zero-order valence-corrected chi connectivity index (χ0v) is 17.0. The van der Waals surface area contributed by atoms with E-state index in [2.05, 4.69) is 10.8 Å². The first kappa shape index (κ1) is 23.6. The molecule has 1 amide bonds. The van der Waals surface area contributed by atoms with Gasteiger partial charge in [0.2, 0.25) is 5.91 Å². The average Bonchev–Trinajstić information content (AvgIpc) is 2.64. The predicted octanol–water partition coefficient (Wildman–Crippen LogP) is 1.67. The third-order valence-electron chi connectivity index (χ3n) is 4.20. The summed E-state index contributed by atoms with van der Waals surface area (Å²) in [5.41, 5.74) is 2.83. The first-order chi connectivity index (χ1) is 13.2. The molecular weight excluding hydrogens is 362 g/mol. The molecule has 0 radical (unpaired) electrons. The molecule has 0 aliphatic heterocycles. The second kappa shape index (κ2) is 12.1. The Morgan fingerprint density at radius 1 is 1.11 bits per heavy atom. The van der Waals surface area contributed by atoms with E-state index < -0.39 is 29.9 Å². The van der Waals surface area contributed by atoms with E-state index in [0.717, 1.165) is 13.0 Å². The predicted molar refractivity (Wildman–Crippen MR) is 106 cm³/mol. The topological polar surface area (TPSA) is 108 Å². The summed E-state index contributed by atoms with van der Waals surface area (Å²) in [6.07, 6.45) is 1.86. The van der Waals surface area contributed by atoms with Crippen LogP contribution in [0.2, 0.25) is 0 Å². The molecule has 0 unspecified atom stereocenters. The van der Waals surface area contributed by atoms with Crippen LogP contribution < -0.4 is 10.8 Å². The molecule has 8 heteroatoms. The smallest absolute Gasteiger partial charge is 0.356 e. The highest BCUT2D eigenvalue weighted by Gasteiger charge is 2.28. The van der Waals surface area contributed by atoms with Gasteiger partial charge >= 0.3 is 11.9 Å². The first-order valence-corrected chi connectivity index (χ1v) is 9.42. The highest BCUT2D eigenvalue weighted by Crippen LogP contribution is 2.07. The molecule has 0 aliphatic rings. The van der Waals surface area contributed by atoms with E-state index in [4.69, 9.17) is 4.84 Å². The molecule has 0 fully saturated rings. The van der Waals surface area contributed by atoms with E-state index in [1.54, 1.807) is 44.2 Å². The summed E-state index contributed by atoms with van der Waals surface area (Å²) in [5, 5.41) is 11.9. The molecule has 1 rings (SSSR count). The summed E-state index contributed by atoms with van der Waals surface area (Å²) < 4.78 is 0. The Morgan fingerprint density at radius 2 is 1.75 bits per heavy atom. The largest absolute Gasteiger partial charge is 0.480 e. The van der Waals surface area contributed by atoms with Gasteiger partial charge in [-0.25, -0.2) is 9.59 Å². The molecule has 0 saturated heterocycles. The van der Waals surface area contributed by atoms with Crippen molar-refractivity contribution in [2.75, 3.05) is 20.6 Å². The number of hydroxylamine groups is 1. The molecule has 2 atom stereocenters. The summed E-state index contributed by atoms with van der Waals surface area (Å²) in [5.74, 6) is -2.43. The van der Waals surface area contributed by atoms with Crippen molar-refractivity contribution in [1.82, 2.24) is 15.7 Å². The van der Waals surface area contributed by atoms with Gasteiger partial charge in [-0.2, -0.15) is 0 Å². The number of amides is 1. The van der Waals surface area contributed by atoms with Gasteiger partial charge in [0, 0.05) is 0 Å². The van der Waals surface area contributed by atoms with Crippen LogP contribution in [0.1, 0.15) is 43.5 Å². The molecule has 0 aliphatic carbocycles. The Bertz CT molecular complexity index is 634. The van der Waals surface area contributed by atoms with Crippen molar-refractivity contribution in [2.45, 2.75) is 45.2 Å². The fourth-order valence-electron chi connectivity index (χ4n) is 2.54. The first-order valence-electron chi connectivity index (χ1n) is 9.42. The number of hydrogen-bond donors (Lipinski definition) is 3. The van der Waals surface area contributed by atoms with E-state index in [1.807, 2.05) is 19.0 Å². The highest BCUT2D eigenvalue weighted by atomic mass is 16.7. The quantitative estimate of drug-likeness (QED) is 0.366. The average molecular weight is 393 g/mol. The van der Waals surface area contributed by atoms with E-state index in [0.29, 0.717) is 18.4 Å². The number of hydrogen-bond acceptors (Lipinski definition) is 6. The van der Waals surface area contributed by atoms with Crippen LogP contribution in [0.3, 0.4) is 0 Å². The second-order valence-electron chi connectivity index (χ2n) is 7.29. The van der Waals surface area contributed by atoms with Crippen LogP contribution in [-0.4, -0.2) is 60.6 Å². The minimum absolute atomic E-state index is 0.216. The lowest BCUT2D eigenvalue weighted by Crippen LogP contribution is -2.52. The van der Waals surface area contributed by atoms with E-state index in [9.17, 15) is 19.5 Å². The standard InChI is InChI=1S/C20H31N3O5/c1-14(2)17(22-28-20(27)15-10-6-5-7-11-15)18(24)21-16(19(25)26)12-8-9-13-23(3)4/h5-7,10-11,14,16-17,22H,8-9,12-13H2,1-4H3,(H,21,24)(H,25,26)/t16-,17-/m0/s1. The van der Waals surface area contributed by atoms with Crippen molar-refractivity contribution in [2.24, 2.45) is 5.92 Å². The number of unbranched alkanes of at least 4 members (excludes halogenated alkanes) is 1. The number of benzene rings is 1. The summed E-state index contributed by atoms with van der Waals surface area (Å²) in [7, 11) is 3.90. The van der Waals surface area contributed by atoms with Gasteiger partial charge in [-0.3, -0.25) is 4.79 Å². The molecule has 0 saturated carbocycles. The van der Waals surface area contributed by atoms with E-state index in [-0.39, 0.29) is 5.92 Å². The fourth-order valence-corrected chi connectivity index (χ4v) is 2.54. The lowest BCUT2D eigenvalue weighted by molar-refractivity contribution is -0.143. The minimum atomic E-state index is -1.08. The Labute approximate surface area is 166 Å². The lowest BCUT2D eigenvalue weighted by atomic mass is 10.0. The number of carbonyl (C=O) groups excluding carboxylic acids is 2. The van der Waals surface area contributed by atoms with Crippen LogP contribution in [0, 0.1) is 5.92 Å². The number of carboxylic acids is 1. The normalized spacial score (nSPS) is 13.2. The van der Waals surface area contributed by atoms with Crippen LogP contribution >= 0.6 is 0 Å². The molecule has 0 heterocycles. The summed E-state index contributed by atoms with van der Waals surface area (Å²) >= 11 is 0. The molecule has 3 N–H and O–H groups in total. The van der Waals surface area contributed by atoms with Crippen molar-refractivity contribution >= 4 is 17.8 Å². The molecule has 0 aromatic heterocycles. The third-order valence-corrected chi connectivity index (χ3v) is 4.20. The zero-order chi connectivity index (χ0) is 21.1. The SMILES string of the molecule is CC(C)[C@H](NOC(=O)c1ccccc1)C(=O)N[C@@H](CCCCN(C)C)C(=O)O. The number of carbonyl (C=O) groups is 3. The second-order valence-corrected chi connectivity index (χ2v) is 7.29. The molecule has 1 aromatic rings. The van der Waals surface area contributed by atoms with E-state index in [1.165, 1.54) is 0 Å². The van der Waals surface area contributed by atoms with Crippen molar-refractivity contribution in [3.05, 3.63) is 35.9 Å². The van der Waals surface area contributed by atoms with Gasteiger partial charge in [-0.05, 0) is 58.0 Å². The van der Waals surface area contributed by atoms with Crippen LogP contribution in [-0.2, 0) is 14.4 Å².